The van der Waals surface area contributed by atoms with Crippen LogP contribution in [0.2, 0.25) is 0 Å². The Morgan fingerprint density at radius 3 is 2.36 bits per heavy atom. The molecule has 0 aliphatic rings. The van der Waals surface area contributed by atoms with Gasteiger partial charge in [0.1, 0.15) is 5.82 Å². The third kappa shape index (κ3) is 3.35. The number of benzene rings is 2. The smallest absolute Gasteiger partial charge is 0.229 e. The normalized spacial score (nSPS) is 11.3. The maximum absolute atomic E-state index is 11.2. The number of aromatic nitrogens is 2. The van der Waals surface area contributed by atoms with Crippen LogP contribution in [0.15, 0.2) is 60.9 Å². The summed E-state index contributed by atoms with van der Waals surface area (Å²) < 4.78 is 24.9. The van der Waals surface area contributed by atoms with Crippen molar-refractivity contribution < 1.29 is 8.42 Å². The van der Waals surface area contributed by atoms with Crippen molar-refractivity contribution in [2.75, 3.05) is 11.0 Å². The molecule has 1 aromatic heterocycles. The number of imidazole rings is 1. The van der Waals surface area contributed by atoms with Gasteiger partial charge in [-0.25, -0.2) is 13.4 Å². The van der Waals surface area contributed by atoms with E-state index in [1.54, 1.807) is 24.5 Å². The molecule has 5 nitrogen and oxygen atoms in total. The lowest BCUT2D eigenvalue weighted by molar-refractivity contribution is 0.607. The zero-order chi connectivity index (χ0) is 15.6. The van der Waals surface area contributed by atoms with E-state index < -0.39 is 10.0 Å². The summed E-state index contributed by atoms with van der Waals surface area (Å²) >= 11 is 0. The van der Waals surface area contributed by atoms with E-state index in [1.807, 2.05) is 36.4 Å². The molecule has 0 saturated heterocycles. The standard InChI is InChI=1S/C16H15N3O2S/c1-22(20,21)19-15-7-5-12(6-8-15)13-3-2-4-14(11-13)16-17-9-10-18-16/h2-11,19H,1H3,(H,17,18). The van der Waals surface area contributed by atoms with Gasteiger partial charge in [0.15, 0.2) is 0 Å². The van der Waals surface area contributed by atoms with Crippen LogP contribution in [0.5, 0.6) is 0 Å². The highest BCUT2D eigenvalue weighted by Crippen LogP contribution is 2.25. The van der Waals surface area contributed by atoms with Gasteiger partial charge in [0.25, 0.3) is 0 Å². The van der Waals surface area contributed by atoms with Gasteiger partial charge in [-0.3, -0.25) is 4.72 Å². The average molecular weight is 313 g/mol. The molecule has 2 aromatic carbocycles. The molecular weight excluding hydrogens is 298 g/mol. The quantitative estimate of drug-likeness (QED) is 0.777. The Labute approximate surface area is 129 Å². The van der Waals surface area contributed by atoms with E-state index in [-0.39, 0.29) is 0 Å². The SMILES string of the molecule is CS(=O)(=O)Nc1ccc(-c2cccc(-c3ncc[nH]3)c2)cc1. The average Bonchev–Trinajstić information content (AvgIpc) is 3.01. The number of H-pyrrole nitrogens is 1. The fourth-order valence-electron chi connectivity index (χ4n) is 2.21. The van der Waals surface area contributed by atoms with Crippen molar-refractivity contribution in [3.05, 3.63) is 60.9 Å². The van der Waals surface area contributed by atoms with Crippen LogP contribution in [0.25, 0.3) is 22.5 Å². The number of hydrogen-bond donors (Lipinski definition) is 2. The Balaban J connectivity index is 1.90. The van der Waals surface area contributed by atoms with Crippen LogP contribution in [0, 0.1) is 0 Å². The van der Waals surface area contributed by atoms with E-state index in [4.69, 9.17) is 0 Å². The first-order valence-electron chi connectivity index (χ1n) is 6.69. The Morgan fingerprint density at radius 2 is 1.73 bits per heavy atom. The maximum atomic E-state index is 11.2. The monoisotopic (exact) mass is 313 g/mol. The minimum atomic E-state index is -3.25. The largest absolute Gasteiger partial charge is 0.345 e. The van der Waals surface area contributed by atoms with Crippen molar-refractivity contribution >= 4 is 15.7 Å². The van der Waals surface area contributed by atoms with Crippen LogP contribution in [-0.2, 0) is 10.0 Å². The molecule has 0 aliphatic carbocycles. The fraction of sp³-hybridized carbons (Fsp3) is 0.0625. The number of nitrogens with one attached hydrogen (secondary N) is 2. The molecule has 22 heavy (non-hydrogen) atoms. The van der Waals surface area contributed by atoms with Crippen molar-refractivity contribution in [2.45, 2.75) is 0 Å². The highest BCUT2D eigenvalue weighted by Gasteiger charge is 2.05. The lowest BCUT2D eigenvalue weighted by Gasteiger charge is -2.07. The molecule has 3 rings (SSSR count). The predicted molar refractivity (Wildman–Crippen MR) is 87.9 cm³/mol. The molecule has 0 fully saturated rings. The summed E-state index contributed by atoms with van der Waals surface area (Å²) in [5, 5.41) is 0. The van der Waals surface area contributed by atoms with Crippen LogP contribution in [-0.4, -0.2) is 24.6 Å². The minimum Gasteiger partial charge on any atom is -0.345 e. The number of rotatable bonds is 4. The van der Waals surface area contributed by atoms with Gasteiger partial charge in [-0.05, 0) is 29.3 Å². The molecule has 0 spiro atoms. The van der Waals surface area contributed by atoms with Crippen LogP contribution < -0.4 is 4.72 Å². The van der Waals surface area contributed by atoms with Gasteiger partial charge in [-0.2, -0.15) is 0 Å². The summed E-state index contributed by atoms with van der Waals surface area (Å²) in [6.45, 7) is 0. The van der Waals surface area contributed by atoms with E-state index in [2.05, 4.69) is 14.7 Å². The fourth-order valence-corrected chi connectivity index (χ4v) is 2.78. The van der Waals surface area contributed by atoms with Gasteiger partial charge in [-0.1, -0.05) is 30.3 Å². The number of nitrogens with zero attached hydrogens (tertiary/aromatic N) is 1. The Bertz CT molecular complexity index is 870. The number of anilines is 1. The van der Waals surface area contributed by atoms with Gasteiger partial charge in [0.05, 0.1) is 6.26 Å². The van der Waals surface area contributed by atoms with Crippen molar-refractivity contribution in [1.29, 1.82) is 0 Å². The zero-order valence-corrected chi connectivity index (χ0v) is 12.8. The molecule has 6 heteroatoms. The Kier molecular flexibility index (Phi) is 3.68. The van der Waals surface area contributed by atoms with E-state index in [0.29, 0.717) is 5.69 Å². The topological polar surface area (TPSA) is 74.8 Å². The lowest BCUT2D eigenvalue weighted by Crippen LogP contribution is -2.09. The molecular formula is C16H15N3O2S. The zero-order valence-electron chi connectivity index (χ0n) is 11.9. The van der Waals surface area contributed by atoms with Crippen molar-refractivity contribution in [2.24, 2.45) is 0 Å². The second-order valence-electron chi connectivity index (χ2n) is 4.97. The van der Waals surface area contributed by atoms with E-state index in [0.717, 1.165) is 28.8 Å². The van der Waals surface area contributed by atoms with Gasteiger partial charge >= 0.3 is 0 Å². The second-order valence-corrected chi connectivity index (χ2v) is 6.72. The maximum Gasteiger partial charge on any atom is 0.229 e. The van der Waals surface area contributed by atoms with Crippen LogP contribution in [0.1, 0.15) is 0 Å². The van der Waals surface area contributed by atoms with Crippen molar-refractivity contribution in [1.82, 2.24) is 9.97 Å². The molecule has 1 heterocycles. The van der Waals surface area contributed by atoms with Gasteiger partial charge < -0.3 is 4.98 Å². The molecule has 0 radical (unpaired) electrons. The van der Waals surface area contributed by atoms with E-state index in [1.165, 1.54) is 0 Å². The van der Waals surface area contributed by atoms with Gasteiger partial charge in [0.2, 0.25) is 10.0 Å². The minimum absolute atomic E-state index is 0.549. The Morgan fingerprint density at radius 1 is 1.00 bits per heavy atom. The van der Waals surface area contributed by atoms with Gasteiger partial charge in [0, 0.05) is 23.6 Å². The number of aromatic amines is 1. The summed E-state index contributed by atoms with van der Waals surface area (Å²) in [6.07, 6.45) is 4.63. The van der Waals surface area contributed by atoms with E-state index >= 15 is 0 Å². The lowest BCUT2D eigenvalue weighted by atomic mass is 10.0. The Hall–Kier alpha value is -2.60. The third-order valence-corrected chi connectivity index (χ3v) is 3.76. The third-order valence-electron chi connectivity index (χ3n) is 3.16. The van der Waals surface area contributed by atoms with Gasteiger partial charge in [-0.15, -0.1) is 0 Å². The molecule has 2 N–H and O–H groups in total. The molecule has 0 bridgehead atoms. The first kappa shape index (κ1) is 14.3. The molecule has 0 unspecified atom stereocenters. The van der Waals surface area contributed by atoms with Crippen LogP contribution in [0.4, 0.5) is 5.69 Å². The first-order chi connectivity index (χ1) is 10.5. The number of hydrogen-bond acceptors (Lipinski definition) is 3. The summed E-state index contributed by atoms with van der Waals surface area (Å²) in [5.41, 5.74) is 3.60. The summed E-state index contributed by atoms with van der Waals surface area (Å²) in [7, 11) is -3.25. The second kappa shape index (κ2) is 5.65. The highest BCUT2D eigenvalue weighted by molar-refractivity contribution is 7.92. The molecule has 0 atom stereocenters. The molecule has 3 aromatic rings. The molecule has 0 saturated carbocycles. The number of sulfonamides is 1. The van der Waals surface area contributed by atoms with Crippen molar-refractivity contribution in [3.8, 4) is 22.5 Å². The van der Waals surface area contributed by atoms with Crippen LogP contribution in [0.3, 0.4) is 0 Å². The molecule has 0 aliphatic heterocycles. The summed E-state index contributed by atoms with van der Waals surface area (Å²) in [6, 6.07) is 15.3. The molecule has 0 amide bonds. The summed E-state index contributed by atoms with van der Waals surface area (Å²) in [4.78, 5) is 7.32. The highest BCUT2D eigenvalue weighted by atomic mass is 32.2. The summed E-state index contributed by atoms with van der Waals surface area (Å²) in [5.74, 6) is 0.817. The van der Waals surface area contributed by atoms with Crippen molar-refractivity contribution in [3.63, 3.8) is 0 Å². The molecule has 112 valence electrons. The van der Waals surface area contributed by atoms with E-state index in [9.17, 15) is 8.42 Å². The first-order valence-corrected chi connectivity index (χ1v) is 8.58. The predicted octanol–water partition coefficient (Wildman–Crippen LogP) is 3.12. The van der Waals surface area contributed by atoms with Crippen LogP contribution >= 0.6 is 0 Å².